The zero-order chi connectivity index (χ0) is 27.4. The first-order chi connectivity index (χ1) is 18.3. The average molecular weight is 575 g/mol. The lowest BCUT2D eigenvalue weighted by Crippen LogP contribution is -2.21. The molecule has 0 saturated heterocycles. The van der Waals surface area contributed by atoms with E-state index in [0.29, 0.717) is 33.8 Å². The van der Waals surface area contributed by atoms with Gasteiger partial charge in [0.15, 0.2) is 23.9 Å². The molecule has 38 heavy (non-hydrogen) atoms. The van der Waals surface area contributed by atoms with Crippen molar-refractivity contribution in [1.82, 2.24) is 9.66 Å². The van der Waals surface area contributed by atoms with Crippen LogP contribution in [0.4, 0.5) is 0 Å². The Morgan fingerprint density at radius 1 is 1.13 bits per heavy atom. The summed E-state index contributed by atoms with van der Waals surface area (Å²) in [6.07, 6.45) is 1.50. The number of rotatable bonds is 8. The van der Waals surface area contributed by atoms with Crippen LogP contribution in [-0.2, 0) is 0 Å². The highest BCUT2D eigenvalue weighted by Gasteiger charge is 2.19. The molecule has 4 aromatic rings. The van der Waals surface area contributed by atoms with E-state index in [-0.39, 0.29) is 18.1 Å². The van der Waals surface area contributed by atoms with Crippen LogP contribution in [0.25, 0.3) is 22.3 Å². The van der Waals surface area contributed by atoms with Gasteiger partial charge < -0.3 is 14.2 Å². The Bertz CT molecular complexity index is 1640. The number of nitriles is 1. The largest absolute Gasteiger partial charge is 0.496 e. The first-order valence-corrected chi connectivity index (χ1v) is 12.7. The van der Waals surface area contributed by atoms with Crippen molar-refractivity contribution >= 4 is 33.0 Å². The van der Waals surface area contributed by atoms with Gasteiger partial charge in [0.1, 0.15) is 11.8 Å². The smallest absolute Gasteiger partial charge is 0.282 e. The molecule has 0 bridgehead atoms. The molecule has 0 amide bonds. The Kier molecular flexibility index (Phi) is 8.13. The third kappa shape index (κ3) is 5.27. The van der Waals surface area contributed by atoms with Crippen molar-refractivity contribution in [3.63, 3.8) is 0 Å². The number of nitrogens with zero attached hydrogens (tertiary/aromatic N) is 4. The standard InChI is InChI=1S/C29H27BrN4O4/c1-17(2)22-15-23(18(3)12-25(22)36-4)28-33-24-9-7-6-8-21(24)29(35)34(28)32-16-19-13-20(30)14-26(37-5)27(19)38-11-10-31/h6-9,12-17H,11H2,1-5H3. The molecular formula is C29H27BrN4O4. The molecule has 0 fully saturated rings. The fourth-order valence-corrected chi connectivity index (χ4v) is 4.64. The Balaban J connectivity index is 1.99. The number of para-hydroxylation sites is 1. The fraction of sp³-hybridized carbons (Fsp3) is 0.241. The summed E-state index contributed by atoms with van der Waals surface area (Å²) in [6.45, 7) is 5.94. The molecule has 0 saturated carbocycles. The first kappa shape index (κ1) is 26.9. The van der Waals surface area contributed by atoms with Gasteiger partial charge in [0.25, 0.3) is 5.56 Å². The lowest BCUT2D eigenvalue weighted by atomic mass is 9.96. The van der Waals surface area contributed by atoms with E-state index in [1.807, 2.05) is 37.3 Å². The molecule has 0 radical (unpaired) electrons. The van der Waals surface area contributed by atoms with Crippen LogP contribution in [0, 0.1) is 18.3 Å². The summed E-state index contributed by atoms with van der Waals surface area (Å²) < 4.78 is 18.7. The quantitative estimate of drug-likeness (QED) is 0.237. The van der Waals surface area contributed by atoms with Crippen LogP contribution < -0.4 is 19.8 Å². The number of ether oxygens (including phenoxy) is 3. The second kappa shape index (κ2) is 11.5. The van der Waals surface area contributed by atoms with E-state index in [9.17, 15) is 4.79 Å². The number of hydrogen-bond acceptors (Lipinski definition) is 7. The highest BCUT2D eigenvalue weighted by molar-refractivity contribution is 9.10. The van der Waals surface area contributed by atoms with E-state index in [4.69, 9.17) is 24.5 Å². The van der Waals surface area contributed by atoms with Gasteiger partial charge in [-0.25, -0.2) is 4.98 Å². The number of fused-ring (bicyclic) bond motifs is 1. The van der Waals surface area contributed by atoms with Gasteiger partial charge in [0, 0.05) is 15.6 Å². The molecule has 1 heterocycles. The van der Waals surface area contributed by atoms with Crippen molar-refractivity contribution in [3.8, 4) is 34.7 Å². The minimum absolute atomic E-state index is 0.176. The summed E-state index contributed by atoms with van der Waals surface area (Å²) in [5.41, 5.74) is 3.43. The summed E-state index contributed by atoms with van der Waals surface area (Å²) >= 11 is 3.47. The number of aromatic nitrogens is 2. The Labute approximate surface area is 229 Å². The summed E-state index contributed by atoms with van der Waals surface area (Å²) in [7, 11) is 3.16. The lowest BCUT2D eigenvalue weighted by molar-refractivity contribution is 0.329. The van der Waals surface area contributed by atoms with Crippen LogP contribution in [0.15, 0.2) is 62.9 Å². The molecule has 0 aliphatic carbocycles. The van der Waals surface area contributed by atoms with Gasteiger partial charge in [0.2, 0.25) is 0 Å². The van der Waals surface area contributed by atoms with Crippen LogP contribution in [0.2, 0.25) is 0 Å². The molecular weight excluding hydrogens is 548 g/mol. The van der Waals surface area contributed by atoms with Crippen LogP contribution in [0.5, 0.6) is 17.2 Å². The minimum atomic E-state index is -0.315. The van der Waals surface area contributed by atoms with Crippen molar-refractivity contribution in [1.29, 1.82) is 5.26 Å². The number of benzene rings is 3. The Hall–Kier alpha value is -4.16. The van der Waals surface area contributed by atoms with Crippen molar-refractivity contribution in [2.24, 2.45) is 5.10 Å². The van der Waals surface area contributed by atoms with Crippen molar-refractivity contribution in [2.45, 2.75) is 26.7 Å². The van der Waals surface area contributed by atoms with E-state index in [1.54, 1.807) is 31.4 Å². The van der Waals surface area contributed by atoms with Crippen LogP contribution in [0.1, 0.15) is 36.5 Å². The third-order valence-electron chi connectivity index (χ3n) is 6.06. The second-order valence-electron chi connectivity index (χ2n) is 8.85. The molecule has 8 nitrogen and oxygen atoms in total. The monoisotopic (exact) mass is 574 g/mol. The molecule has 0 aliphatic rings. The molecule has 0 aliphatic heterocycles. The van der Waals surface area contributed by atoms with Crippen molar-refractivity contribution in [3.05, 3.63) is 80.0 Å². The molecule has 194 valence electrons. The molecule has 0 atom stereocenters. The van der Waals surface area contributed by atoms with Gasteiger partial charge >= 0.3 is 0 Å². The Morgan fingerprint density at radius 3 is 2.55 bits per heavy atom. The van der Waals surface area contributed by atoms with Crippen LogP contribution >= 0.6 is 15.9 Å². The zero-order valence-corrected chi connectivity index (χ0v) is 23.4. The van der Waals surface area contributed by atoms with Gasteiger partial charge in [-0.1, -0.05) is 41.9 Å². The summed E-state index contributed by atoms with van der Waals surface area (Å²) in [5.74, 6) is 2.12. The number of methoxy groups -OCH3 is 2. The lowest BCUT2D eigenvalue weighted by Gasteiger charge is -2.17. The second-order valence-corrected chi connectivity index (χ2v) is 9.77. The fourth-order valence-electron chi connectivity index (χ4n) is 4.19. The summed E-state index contributed by atoms with van der Waals surface area (Å²) in [6, 6.07) is 16.6. The minimum Gasteiger partial charge on any atom is -0.496 e. The van der Waals surface area contributed by atoms with Crippen LogP contribution in [0.3, 0.4) is 0 Å². The molecule has 0 unspecified atom stereocenters. The van der Waals surface area contributed by atoms with E-state index in [2.05, 4.69) is 34.9 Å². The number of hydrogen-bond donors (Lipinski definition) is 0. The van der Waals surface area contributed by atoms with Gasteiger partial charge in [0.05, 0.1) is 31.3 Å². The van der Waals surface area contributed by atoms with E-state index in [1.165, 1.54) is 18.0 Å². The van der Waals surface area contributed by atoms with Gasteiger partial charge in [-0.2, -0.15) is 15.0 Å². The van der Waals surface area contributed by atoms with Gasteiger partial charge in [-0.05, 0) is 60.4 Å². The predicted molar refractivity (Wildman–Crippen MR) is 152 cm³/mol. The number of aryl methyl sites for hydroxylation is 1. The normalized spacial score (nSPS) is 11.2. The maximum absolute atomic E-state index is 13.7. The highest BCUT2D eigenvalue weighted by Crippen LogP contribution is 2.35. The summed E-state index contributed by atoms with van der Waals surface area (Å²) in [4.78, 5) is 18.6. The molecule has 3 aromatic carbocycles. The van der Waals surface area contributed by atoms with Crippen LogP contribution in [-0.4, -0.2) is 36.7 Å². The third-order valence-corrected chi connectivity index (χ3v) is 6.51. The molecule has 1 aromatic heterocycles. The maximum atomic E-state index is 13.7. The number of halogens is 1. The topological polar surface area (TPSA) is 98.7 Å². The predicted octanol–water partition coefficient (Wildman–Crippen LogP) is 6.06. The SMILES string of the molecule is COc1cc(C)c(-c2nc3ccccc3c(=O)n2N=Cc2cc(Br)cc(OC)c2OCC#N)cc1C(C)C. The molecule has 9 heteroatoms. The Morgan fingerprint density at radius 2 is 1.87 bits per heavy atom. The first-order valence-electron chi connectivity index (χ1n) is 11.9. The van der Waals surface area contributed by atoms with E-state index in [0.717, 1.165) is 26.9 Å². The van der Waals surface area contributed by atoms with Gasteiger partial charge in [-0.15, -0.1) is 0 Å². The van der Waals surface area contributed by atoms with E-state index >= 15 is 0 Å². The van der Waals surface area contributed by atoms with Crippen molar-refractivity contribution in [2.75, 3.05) is 20.8 Å². The maximum Gasteiger partial charge on any atom is 0.282 e. The van der Waals surface area contributed by atoms with Crippen molar-refractivity contribution < 1.29 is 14.2 Å². The molecule has 0 spiro atoms. The molecule has 0 N–H and O–H groups in total. The highest BCUT2D eigenvalue weighted by atomic mass is 79.9. The molecule has 4 rings (SSSR count). The van der Waals surface area contributed by atoms with Gasteiger partial charge in [-0.3, -0.25) is 4.79 Å². The summed E-state index contributed by atoms with van der Waals surface area (Å²) in [5, 5.41) is 14.1. The zero-order valence-electron chi connectivity index (χ0n) is 21.8. The average Bonchev–Trinajstić information content (AvgIpc) is 2.91. The van der Waals surface area contributed by atoms with E-state index < -0.39 is 0 Å².